The van der Waals surface area contributed by atoms with Crippen LogP contribution in [0, 0.1) is 0 Å². The molecule has 0 fully saturated rings. The van der Waals surface area contributed by atoms with Gasteiger partial charge in [0.05, 0.1) is 0 Å². The van der Waals surface area contributed by atoms with E-state index in [1.54, 1.807) is 13.8 Å². The maximum absolute atomic E-state index is 12.9. The van der Waals surface area contributed by atoms with Crippen LogP contribution in [0.2, 0.25) is 0 Å². The zero-order chi connectivity index (χ0) is 20.7. The Kier molecular flexibility index (Phi) is 14.8. The number of hydrogen-bond donors (Lipinski definition) is 0. The summed E-state index contributed by atoms with van der Waals surface area (Å²) in [6.45, 7) is 7.72. The topological polar surface area (TPSA) is 105 Å². The van der Waals surface area contributed by atoms with Gasteiger partial charge in [0.2, 0.25) is 0 Å². The van der Waals surface area contributed by atoms with Crippen LogP contribution in [-0.2, 0) is 52.7 Å². The van der Waals surface area contributed by atoms with E-state index < -0.39 is 49.9 Å². The van der Waals surface area contributed by atoms with Crippen molar-refractivity contribution in [1.29, 1.82) is 0 Å². The van der Waals surface area contributed by atoms with E-state index in [9.17, 15) is 19.2 Å². The van der Waals surface area contributed by atoms with E-state index in [1.165, 1.54) is 0 Å². The molecule has 0 unspecified atom stereocenters. The van der Waals surface area contributed by atoms with E-state index in [1.807, 2.05) is 13.8 Å². The standard InChI is InChI=1S/2C6H9O3.2C3H7O.Ti/c2*1-2-9-5-6(8)3-4-7;2*1-2-3-4;/h2*2-3,5H2,1H3;2*2-3H2,1H3;/q;;2*-1;+2. The molecule has 9 heteroatoms. The van der Waals surface area contributed by atoms with Gasteiger partial charge in [0.15, 0.2) is 0 Å². The fourth-order valence-electron chi connectivity index (χ4n) is 2.14. The van der Waals surface area contributed by atoms with E-state index in [4.69, 9.17) is 16.1 Å². The first-order chi connectivity index (χ1) is 12.9. The van der Waals surface area contributed by atoms with E-state index >= 15 is 0 Å². The average Bonchev–Trinajstić information content (AvgIpc) is 2.64. The van der Waals surface area contributed by atoms with Crippen LogP contribution in [0.15, 0.2) is 0 Å². The van der Waals surface area contributed by atoms with Crippen molar-refractivity contribution in [2.45, 2.75) is 53.4 Å². The molecule has 0 spiro atoms. The number of hydrogen-bond acceptors (Lipinski definition) is 8. The second-order valence-electron chi connectivity index (χ2n) is 5.87. The number of ether oxygens (including phenoxy) is 2. The van der Waals surface area contributed by atoms with Gasteiger partial charge >= 0.3 is 165 Å². The Labute approximate surface area is 165 Å². The van der Waals surface area contributed by atoms with Gasteiger partial charge in [0, 0.05) is 0 Å². The number of Topliss-reactive ketones (excluding diaryl/α,β-unsaturated/α-hetero) is 2. The van der Waals surface area contributed by atoms with Crippen LogP contribution in [0.1, 0.15) is 53.4 Å². The molecule has 0 atom stereocenters. The Balaban J connectivity index is 5.46. The average molecular weight is 424 g/mol. The van der Waals surface area contributed by atoms with Crippen LogP contribution in [0.5, 0.6) is 0 Å². The van der Waals surface area contributed by atoms with Crippen LogP contribution in [-0.4, -0.2) is 59.4 Å². The maximum atomic E-state index is 12.9. The molecule has 0 aliphatic heterocycles. The van der Waals surface area contributed by atoms with Crippen LogP contribution in [0.3, 0.4) is 0 Å². The van der Waals surface area contributed by atoms with Gasteiger partial charge in [-0.15, -0.1) is 0 Å². The van der Waals surface area contributed by atoms with E-state index in [0.29, 0.717) is 26.1 Å². The third-order valence-electron chi connectivity index (χ3n) is 3.40. The molecule has 0 saturated carbocycles. The molecule has 0 saturated heterocycles. The Morgan fingerprint density at radius 3 is 1.33 bits per heavy atom. The molecule has 0 aromatic heterocycles. The summed E-state index contributed by atoms with van der Waals surface area (Å²) in [4.78, 5) is 49.7. The predicted octanol–water partition coefficient (Wildman–Crippen LogP) is 1.87. The monoisotopic (exact) mass is 424 g/mol. The summed E-state index contributed by atoms with van der Waals surface area (Å²) < 4.78 is 20.2. The minimum atomic E-state index is -4.72. The van der Waals surface area contributed by atoms with Crippen LogP contribution in [0.4, 0.5) is 0 Å². The van der Waals surface area contributed by atoms with E-state index in [2.05, 4.69) is 0 Å². The first kappa shape index (κ1) is 26.2. The fraction of sp³-hybridized carbons (Fsp3) is 0.778. The molecule has 0 heterocycles. The van der Waals surface area contributed by atoms with E-state index in [0.717, 1.165) is 0 Å². The normalized spacial score (nSPS) is 11.4. The zero-order valence-corrected chi connectivity index (χ0v) is 18.4. The van der Waals surface area contributed by atoms with Crippen LogP contribution in [0.25, 0.3) is 0 Å². The molecule has 0 aromatic carbocycles. The number of rotatable bonds is 18. The third-order valence-corrected chi connectivity index (χ3v) is 8.16. The molecule has 8 nitrogen and oxygen atoms in total. The number of carbonyl (C=O) groups is 4. The van der Waals surface area contributed by atoms with Gasteiger partial charge in [-0.25, -0.2) is 0 Å². The quantitative estimate of drug-likeness (QED) is 0.243. The van der Waals surface area contributed by atoms with Crippen LogP contribution >= 0.6 is 0 Å². The van der Waals surface area contributed by atoms with Crippen molar-refractivity contribution >= 4 is 19.7 Å². The molecule has 156 valence electrons. The van der Waals surface area contributed by atoms with Gasteiger partial charge in [-0.3, -0.25) is 0 Å². The molecule has 0 rings (SSSR count). The van der Waals surface area contributed by atoms with Gasteiger partial charge in [0.25, 0.3) is 0 Å². The van der Waals surface area contributed by atoms with Gasteiger partial charge in [-0.1, -0.05) is 0 Å². The molecule has 0 amide bonds. The van der Waals surface area contributed by atoms with Gasteiger partial charge in [-0.05, 0) is 0 Å². The summed E-state index contributed by atoms with van der Waals surface area (Å²) in [6, 6.07) is 0. The van der Waals surface area contributed by atoms with Gasteiger partial charge in [0.1, 0.15) is 0 Å². The molecule has 0 aliphatic rings. The fourth-order valence-corrected chi connectivity index (χ4v) is 6.63. The Morgan fingerprint density at radius 1 is 0.667 bits per heavy atom. The molecular formula is C18H32O8Ti. The Bertz CT molecular complexity index is 448. The molecule has 27 heavy (non-hydrogen) atoms. The van der Waals surface area contributed by atoms with Crippen molar-refractivity contribution in [3.05, 3.63) is 0 Å². The summed E-state index contributed by atoms with van der Waals surface area (Å²) in [5.41, 5.74) is 0. The van der Waals surface area contributed by atoms with Crippen molar-refractivity contribution in [3.8, 4) is 0 Å². The number of ketones is 2. The summed E-state index contributed by atoms with van der Waals surface area (Å²) in [6.07, 6.45) is 0.170. The molecule has 0 bridgehead atoms. The SMILES string of the molecule is CCC[O][Ti]([O]CCC)([C](=O)CC(=O)COCC)[C](=O)CC(=O)COCC. The minimum absolute atomic E-state index is 0.153. The van der Waals surface area contributed by atoms with Crippen molar-refractivity contribution in [3.63, 3.8) is 0 Å². The molecule has 0 radical (unpaired) electrons. The van der Waals surface area contributed by atoms with Crippen LogP contribution < -0.4 is 0 Å². The third kappa shape index (κ3) is 9.83. The summed E-state index contributed by atoms with van der Waals surface area (Å²) >= 11 is -4.72. The predicted molar refractivity (Wildman–Crippen MR) is 94.7 cm³/mol. The van der Waals surface area contributed by atoms with Gasteiger partial charge in [-0.2, -0.15) is 0 Å². The first-order valence-electron chi connectivity index (χ1n) is 9.41. The summed E-state index contributed by atoms with van der Waals surface area (Å²) in [7, 11) is 0. The molecule has 0 aliphatic carbocycles. The van der Waals surface area contributed by atoms with Gasteiger partial charge < -0.3 is 0 Å². The van der Waals surface area contributed by atoms with Crippen molar-refractivity contribution in [2.75, 3.05) is 39.6 Å². The second kappa shape index (κ2) is 15.2. The molecule has 0 aromatic rings. The summed E-state index contributed by atoms with van der Waals surface area (Å²) in [5.74, 6) is -0.879. The summed E-state index contributed by atoms with van der Waals surface area (Å²) in [5, 5.41) is 0. The first-order valence-corrected chi connectivity index (χ1v) is 12.2. The van der Waals surface area contributed by atoms with Crippen molar-refractivity contribution < 1.29 is 52.7 Å². The Hall–Kier alpha value is -0.766. The van der Waals surface area contributed by atoms with E-state index in [-0.39, 0.29) is 26.4 Å². The van der Waals surface area contributed by atoms with Crippen molar-refractivity contribution in [1.82, 2.24) is 0 Å². The second-order valence-corrected chi connectivity index (χ2v) is 10.4. The molecular weight excluding hydrogens is 392 g/mol. The molecule has 0 N–H and O–H groups in total. The Morgan fingerprint density at radius 2 is 1.04 bits per heavy atom. The number of carbonyl (C=O) groups excluding carboxylic acids is 4. The zero-order valence-electron chi connectivity index (χ0n) is 16.8. The van der Waals surface area contributed by atoms with Crippen molar-refractivity contribution in [2.24, 2.45) is 0 Å².